The highest BCUT2D eigenvalue weighted by atomic mass is 19.4. The summed E-state index contributed by atoms with van der Waals surface area (Å²) in [4.78, 5) is 12.4. The second-order valence-corrected chi connectivity index (χ2v) is 9.69. The van der Waals surface area contributed by atoms with Gasteiger partial charge in [0.15, 0.2) is 17.5 Å². The number of alkyl halides is 3. The van der Waals surface area contributed by atoms with E-state index in [4.69, 9.17) is 4.74 Å². The number of ether oxygens (including phenoxy) is 1. The van der Waals surface area contributed by atoms with E-state index >= 15 is 0 Å². The zero-order valence-corrected chi connectivity index (χ0v) is 18.5. The predicted octanol–water partition coefficient (Wildman–Crippen LogP) is 5.29. The van der Waals surface area contributed by atoms with E-state index in [0.29, 0.717) is 0 Å². The molecule has 2 aromatic rings. The maximum Gasteiger partial charge on any atom is 0.408 e. The van der Waals surface area contributed by atoms with Crippen LogP contribution in [0.5, 0.6) is 0 Å². The summed E-state index contributed by atoms with van der Waals surface area (Å²) in [5.41, 5.74) is -2.84. The van der Waals surface area contributed by atoms with Crippen LogP contribution in [-0.4, -0.2) is 32.6 Å². The summed E-state index contributed by atoms with van der Waals surface area (Å²) >= 11 is 0. The lowest BCUT2D eigenvalue weighted by atomic mass is 9.92. The van der Waals surface area contributed by atoms with Gasteiger partial charge in [0.2, 0.25) is 0 Å². The number of carbonyl (C=O) groups excluding carboxylic acids is 1. The minimum atomic E-state index is -4.53. The van der Waals surface area contributed by atoms with E-state index in [1.54, 1.807) is 20.8 Å². The first-order chi connectivity index (χ1) is 15.3. The van der Waals surface area contributed by atoms with Gasteiger partial charge in [0, 0.05) is 12.5 Å². The van der Waals surface area contributed by atoms with Crippen LogP contribution in [-0.2, 0) is 16.7 Å². The molecule has 1 amide bonds. The number of halogens is 5. The van der Waals surface area contributed by atoms with E-state index < -0.39 is 46.9 Å². The van der Waals surface area contributed by atoms with Gasteiger partial charge in [0.25, 0.3) is 0 Å². The molecule has 0 spiro atoms. The number of fused-ring (bicyclic) bond motifs is 1. The van der Waals surface area contributed by atoms with Crippen molar-refractivity contribution in [3.63, 3.8) is 0 Å². The van der Waals surface area contributed by atoms with Gasteiger partial charge in [-0.1, -0.05) is 12.1 Å². The monoisotopic (exact) mass is 472 g/mol. The first-order valence-electron chi connectivity index (χ1n) is 10.8. The third kappa shape index (κ3) is 4.41. The molecule has 2 heterocycles. The van der Waals surface area contributed by atoms with Crippen molar-refractivity contribution in [1.82, 2.24) is 20.1 Å². The SMILES string of the molecule is CC(C)(C)OC(=O)N[C@@H]1CC[C@@H](c2cccc(F)c2F)Cn2c1nnc2C1(C(F)(F)F)CC1. The van der Waals surface area contributed by atoms with Crippen LogP contribution in [0.25, 0.3) is 0 Å². The highest BCUT2D eigenvalue weighted by Crippen LogP contribution is 2.58. The quantitative estimate of drug-likeness (QED) is 0.616. The molecule has 1 N–H and O–H groups in total. The van der Waals surface area contributed by atoms with Gasteiger partial charge in [0.1, 0.15) is 16.8 Å². The number of alkyl carbamates (subject to hydrolysis) is 1. The van der Waals surface area contributed by atoms with E-state index in [2.05, 4.69) is 15.5 Å². The molecule has 180 valence electrons. The van der Waals surface area contributed by atoms with Crippen LogP contribution in [0.1, 0.15) is 75.6 Å². The third-order valence-electron chi connectivity index (χ3n) is 6.13. The highest BCUT2D eigenvalue weighted by molar-refractivity contribution is 5.68. The Kier molecular flexibility index (Phi) is 5.65. The molecule has 1 saturated carbocycles. The van der Waals surface area contributed by atoms with E-state index in [-0.39, 0.29) is 49.4 Å². The average molecular weight is 472 g/mol. The number of carbonyl (C=O) groups is 1. The zero-order valence-electron chi connectivity index (χ0n) is 18.5. The highest BCUT2D eigenvalue weighted by Gasteiger charge is 2.67. The lowest BCUT2D eigenvalue weighted by molar-refractivity contribution is -0.163. The minimum Gasteiger partial charge on any atom is -0.444 e. The Labute approximate surface area is 187 Å². The molecule has 0 bridgehead atoms. The van der Waals surface area contributed by atoms with Crippen LogP contribution >= 0.6 is 0 Å². The molecule has 1 aliphatic carbocycles. The Morgan fingerprint density at radius 2 is 1.85 bits per heavy atom. The van der Waals surface area contributed by atoms with Gasteiger partial charge in [-0.25, -0.2) is 13.6 Å². The summed E-state index contributed by atoms with van der Waals surface area (Å²) in [6, 6.07) is 2.97. The molecular weight excluding hydrogens is 447 g/mol. The number of amides is 1. The maximum atomic E-state index is 14.6. The largest absolute Gasteiger partial charge is 0.444 e. The molecule has 2 aliphatic rings. The Morgan fingerprint density at radius 3 is 2.45 bits per heavy atom. The van der Waals surface area contributed by atoms with Crippen molar-refractivity contribution >= 4 is 6.09 Å². The van der Waals surface area contributed by atoms with Crippen molar-refractivity contribution in [2.45, 2.75) is 82.2 Å². The van der Waals surface area contributed by atoms with Crippen LogP contribution in [0.3, 0.4) is 0 Å². The van der Waals surface area contributed by atoms with E-state index in [1.807, 2.05) is 0 Å². The van der Waals surface area contributed by atoms with Crippen molar-refractivity contribution in [1.29, 1.82) is 0 Å². The fourth-order valence-corrected chi connectivity index (χ4v) is 4.35. The molecular formula is C22H25F5N4O2. The van der Waals surface area contributed by atoms with Crippen LogP contribution in [0.4, 0.5) is 26.7 Å². The lowest BCUT2D eigenvalue weighted by Gasteiger charge is -2.23. The summed E-state index contributed by atoms with van der Waals surface area (Å²) in [5.74, 6) is -2.81. The summed E-state index contributed by atoms with van der Waals surface area (Å²) in [6.45, 7) is 4.98. The van der Waals surface area contributed by atoms with Gasteiger partial charge < -0.3 is 14.6 Å². The van der Waals surface area contributed by atoms with Crippen LogP contribution in [0, 0.1) is 11.6 Å². The molecule has 11 heteroatoms. The molecule has 0 saturated heterocycles. The lowest BCUT2D eigenvalue weighted by Crippen LogP contribution is -2.36. The second kappa shape index (κ2) is 7.95. The fourth-order valence-electron chi connectivity index (χ4n) is 4.35. The Hall–Kier alpha value is -2.72. The molecule has 0 unspecified atom stereocenters. The van der Waals surface area contributed by atoms with Crippen molar-refractivity contribution < 1.29 is 31.5 Å². The van der Waals surface area contributed by atoms with Crippen molar-refractivity contribution in [2.24, 2.45) is 0 Å². The summed E-state index contributed by atoms with van der Waals surface area (Å²) < 4.78 is 76.7. The molecule has 4 rings (SSSR count). The molecule has 2 atom stereocenters. The molecule has 33 heavy (non-hydrogen) atoms. The molecule has 0 radical (unpaired) electrons. The van der Waals surface area contributed by atoms with Gasteiger partial charge in [-0.2, -0.15) is 13.2 Å². The smallest absolute Gasteiger partial charge is 0.408 e. The van der Waals surface area contributed by atoms with Crippen molar-refractivity contribution in [2.75, 3.05) is 0 Å². The van der Waals surface area contributed by atoms with Crippen LogP contribution in [0.15, 0.2) is 18.2 Å². The van der Waals surface area contributed by atoms with E-state index in [9.17, 15) is 26.7 Å². The molecule has 1 aliphatic heterocycles. The topological polar surface area (TPSA) is 69.0 Å². The number of aromatic nitrogens is 3. The molecule has 6 nitrogen and oxygen atoms in total. The Balaban J connectivity index is 1.74. The van der Waals surface area contributed by atoms with Gasteiger partial charge in [-0.15, -0.1) is 10.2 Å². The number of nitrogens with zero attached hydrogens (tertiary/aromatic N) is 3. The number of hydrogen-bond donors (Lipinski definition) is 1. The predicted molar refractivity (Wildman–Crippen MR) is 107 cm³/mol. The standard InChI is InChI=1S/C22H25F5N4O2/c1-20(2,3)33-19(32)28-15-8-7-12(13-5-4-6-14(23)16(13)24)11-31-17(15)29-30-18(31)21(9-10-21)22(25,26)27/h4-6,12,15H,7-11H2,1-3H3,(H,28,32)/t12-,15-/m1/s1. The summed E-state index contributed by atoms with van der Waals surface area (Å²) in [6.07, 6.45) is -5.03. The van der Waals surface area contributed by atoms with Crippen LogP contribution in [0.2, 0.25) is 0 Å². The zero-order chi connectivity index (χ0) is 24.2. The van der Waals surface area contributed by atoms with Crippen LogP contribution < -0.4 is 5.32 Å². The molecule has 1 fully saturated rings. The maximum absolute atomic E-state index is 14.6. The normalized spacial score (nSPS) is 22.3. The van der Waals surface area contributed by atoms with Gasteiger partial charge in [-0.05, 0) is 58.1 Å². The van der Waals surface area contributed by atoms with E-state index in [0.717, 1.165) is 6.07 Å². The molecule has 1 aromatic heterocycles. The molecule has 1 aromatic carbocycles. The number of rotatable bonds is 3. The average Bonchev–Trinajstić information content (AvgIpc) is 3.43. The summed E-state index contributed by atoms with van der Waals surface area (Å²) in [7, 11) is 0. The Morgan fingerprint density at radius 1 is 1.15 bits per heavy atom. The summed E-state index contributed by atoms with van der Waals surface area (Å²) in [5, 5.41) is 10.5. The fraction of sp³-hybridized carbons (Fsp3) is 0.591. The first-order valence-corrected chi connectivity index (χ1v) is 10.8. The number of benzene rings is 1. The van der Waals surface area contributed by atoms with Gasteiger partial charge in [0.05, 0.1) is 6.04 Å². The number of hydrogen-bond acceptors (Lipinski definition) is 4. The van der Waals surface area contributed by atoms with Gasteiger partial charge >= 0.3 is 12.3 Å². The van der Waals surface area contributed by atoms with Crippen molar-refractivity contribution in [3.8, 4) is 0 Å². The first kappa shape index (κ1) is 23.4. The van der Waals surface area contributed by atoms with Crippen molar-refractivity contribution in [3.05, 3.63) is 47.0 Å². The third-order valence-corrected chi connectivity index (χ3v) is 6.13. The number of nitrogens with one attached hydrogen (secondary N) is 1. The minimum absolute atomic E-state index is 0.0652. The second-order valence-electron chi connectivity index (χ2n) is 9.69. The Bertz CT molecular complexity index is 1060. The van der Waals surface area contributed by atoms with E-state index in [1.165, 1.54) is 16.7 Å². The van der Waals surface area contributed by atoms with Gasteiger partial charge in [-0.3, -0.25) is 0 Å².